The Hall–Kier alpha value is -1.55. The number of nitrogens with zero attached hydrogens (tertiary/aromatic N) is 2. The average Bonchev–Trinajstić information content (AvgIpc) is 2.81. The third kappa shape index (κ3) is 2.73. The minimum atomic E-state index is 0.675. The van der Waals surface area contributed by atoms with Gasteiger partial charge in [0.05, 0.1) is 6.54 Å². The highest BCUT2D eigenvalue weighted by Crippen LogP contribution is 2.24. The van der Waals surface area contributed by atoms with Gasteiger partial charge in [-0.15, -0.1) is 0 Å². The van der Waals surface area contributed by atoms with Gasteiger partial charge in [-0.1, -0.05) is 19.3 Å². The lowest BCUT2D eigenvalue weighted by Crippen LogP contribution is -2.32. The van der Waals surface area contributed by atoms with Crippen LogP contribution in [0.3, 0.4) is 0 Å². The van der Waals surface area contributed by atoms with Crippen LogP contribution in [-0.2, 0) is 6.54 Å². The fourth-order valence-corrected chi connectivity index (χ4v) is 2.92. The lowest BCUT2D eigenvalue weighted by Gasteiger charge is -2.30. The molecule has 3 rings (SSSR count). The van der Waals surface area contributed by atoms with Gasteiger partial charge in [0.1, 0.15) is 5.52 Å². The number of benzene rings is 1. The average molecular weight is 259 g/mol. The summed E-state index contributed by atoms with van der Waals surface area (Å²) in [6, 6.07) is 6.28. The first-order chi connectivity index (χ1) is 9.22. The minimum Gasteiger partial charge on any atom is -0.439 e. The van der Waals surface area contributed by atoms with Gasteiger partial charge in [0.2, 0.25) is 5.89 Å². The van der Waals surface area contributed by atoms with Crippen LogP contribution in [0.25, 0.3) is 11.1 Å². The molecule has 1 saturated carbocycles. The van der Waals surface area contributed by atoms with Gasteiger partial charge in [-0.3, -0.25) is 4.90 Å². The number of anilines is 1. The standard InChI is InChI=1S/C15H21N3O/c1-18(12-5-3-2-4-6-12)10-15-17-13-9-11(16)7-8-14(13)19-15/h7-9,12H,2-6,10,16H2,1H3. The number of nitrogen functional groups attached to an aromatic ring is 1. The molecule has 1 aliphatic carbocycles. The van der Waals surface area contributed by atoms with Gasteiger partial charge in [-0.2, -0.15) is 0 Å². The summed E-state index contributed by atoms with van der Waals surface area (Å²) in [6.07, 6.45) is 6.66. The van der Waals surface area contributed by atoms with Crippen LogP contribution in [0.2, 0.25) is 0 Å². The Labute approximate surface area is 113 Å². The molecule has 102 valence electrons. The maximum atomic E-state index is 5.78. The molecule has 1 aliphatic rings. The molecular weight excluding hydrogens is 238 g/mol. The Kier molecular flexibility index (Phi) is 3.42. The third-order valence-electron chi connectivity index (χ3n) is 4.04. The summed E-state index contributed by atoms with van der Waals surface area (Å²) in [5, 5.41) is 0. The molecule has 1 aromatic heterocycles. The van der Waals surface area contributed by atoms with Crippen molar-refractivity contribution in [2.24, 2.45) is 0 Å². The van der Waals surface area contributed by atoms with E-state index in [9.17, 15) is 0 Å². The number of oxazole rings is 1. The van der Waals surface area contributed by atoms with Gasteiger partial charge < -0.3 is 10.2 Å². The van der Waals surface area contributed by atoms with Crippen molar-refractivity contribution in [3.8, 4) is 0 Å². The van der Waals surface area contributed by atoms with Crippen molar-refractivity contribution in [1.82, 2.24) is 9.88 Å². The fraction of sp³-hybridized carbons (Fsp3) is 0.533. The summed E-state index contributed by atoms with van der Waals surface area (Å²) in [6.45, 7) is 0.777. The van der Waals surface area contributed by atoms with Crippen LogP contribution in [0.5, 0.6) is 0 Å². The Morgan fingerprint density at radius 1 is 1.32 bits per heavy atom. The summed E-state index contributed by atoms with van der Waals surface area (Å²) in [4.78, 5) is 6.89. The van der Waals surface area contributed by atoms with Crippen LogP contribution in [0.15, 0.2) is 22.6 Å². The molecule has 4 heteroatoms. The molecule has 0 bridgehead atoms. The normalized spacial score (nSPS) is 17.4. The molecule has 0 radical (unpaired) electrons. The Balaban J connectivity index is 1.73. The van der Waals surface area contributed by atoms with Crippen molar-refractivity contribution in [3.63, 3.8) is 0 Å². The first kappa shape index (κ1) is 12.5. The van der Waals surface area contributed by atoms with Crippen LogP contribution in [0, 0.1) is 0 Å². The number of fused-ring (bicyclic) bond motifs is 1. The summed E-state index contributed by atoms with van der Waals surface area (Å²) >= 11 is 0. The molecule has 0 atom stereocenters. The lowest BCUT2D eigenvalue weighted by atomic mass is 9.94. The maximum Gasteiger partial charge on any atom is 0.209 e. The molecule has 1 fully saturated rings. The first-order valence-electron chi connectivity index (χ1n) is 7.07. The molecule has 2 aromatic rings. The van der Waals surface area contributed by atoms with Crippen molar-refractivity contribution < 1.29 is 4.42 Å². The third-order valence-corrected chi connectivity index (χ3v) is 4.04. The Bertz CT molecular complexity index is 558. The summed E-state index contributed by atoms with van der Waals surface area (Å²) in [7, 11) is 2.17. The van der Waals surface area contributed by atoms with Crippen LogP contribution >= 0.6 is 0 Å². The van der Waals surface area contributed by atoms with Crippen molar-refractivity contribution in [1.29, 1.82) is 0 Å². The van der Waals surface area contributed by atoms with E-state index in [1.165, 1.54) is 32.1 Å². The topological polar surface area (TPSA) is 55.3 Å². The maximum absolute atomic E-state index is 5.78. The number of hydrogen-bond acceptors (Lipinski definition) is 4. The number of hydrogen-bond donors (Lipinski definition) is 1. The largest absolute Gasteiger partial charge is 0.439 e. The van der Waals surface area contributed by atoms with E-state index in [4.69, 9.17) is 10.2 Å². The molecule has 0 amide bonds. The summed E-state index contributed by atoms with van der Waals surface area (Å²) in [5.41, 5.74) is 8.16. The molecule has 1 aromatic carbocycles. The molecule has 0 spiro atoms. The highest BCUT2D eigenvalue weighted by Gasteiger charge is 2.19. The van der Waals surface area contributed by atoms with E-state index in [2.05, 4.69) is 16.9 Å². The first-order valence-corrected chi connectivity index (χ1v) is 7.07. The second-order valence-electron chi connectivity index (χ2n) is 5.54. The molecule has 0 aliphatic heterocycles. The SMILES string of the molecule is CN(Cc1nc2cc(N)ccc2o1)C1CCCCC1. The second kappa shape index (κ2) is 5.21. The van der Waals surface area contributed by atoms with Crippen LogP contribution < -0.4 is 5.73 Å². The zero-order valence-corrected chi connectivity index (χ0v) is 11.4. The summed E-state index contributed by atoms with van der Waals surface area (Å²) < 4.78 is 5.78. The Morgan fingerprint density at radius 2 is 2.11 bits per heavy atom. The Morgan fingerprint density at radius 3 is 2.89 bits per heavy atom. The van der Waals surface area contributed by atoms with E-state index in [1.807, 2.05) is 18.2 Å². The minimum absolute atomic E-state index is 0.675. The van der Waals surface area contributed by atoms with Gasteiger partial charge in [0, 0.05) is 11.7 Å². The molecule has 4 nitrogen and oxygen atoms in total. The van der Waals surface area contributed by atoms with Gasteiger partial charge in [0.25, 0.3) is 0 Å². The van der Waals surface area contributed by atoms with Gasteiger partial charge in [-0.05, 0) is 38.1 Å². The van der Waals surface area contributed by atoms with E-state index in [1.54, 1.807) is 0 Å². The van der Waals surface area contributed by atoms with Gasteiger partial charge in [-0.25, -0.2) is 4.98 Å². The van der Waals surface area contributed by atoms with Crippen LogP contribution in [0.1, 0.15) is 38.0 Å². The highest BCUT2D eigenvalue weighted by atomic mass is 16.3. The monoisotopic (exact) mass is 259 g/mol. The van der Waals surface area contributed by atoms with E-state index >= 15 is 0 Å². The predicted molar refractivity (Wildman–Crippen MR) is 76.8 cm³/mol. The predicted octanol–water partition coefficient (Wildman–Crippen LogP) is 3.17. The number of aromatic nitrogens is 1. The second-order valence-corrected chi connectivity index (χ2v) is 5.54. The van der Waals surface area contributed by atoms with Crippen LogP contribution in [0.4, 0.5) is 5.69 Å². The van der Waals surface area contributed by atoms with Crippen molar-refractivity contribution in [2.75, 3.05) is 12.8 Å². The number of rotatable bonds is 3. The van der Waals surface area contributed by atoms with Crippen LogP contribution in [-0.4, -0.2) is 23.0 Å². The smallest absolute Gasteiger partial charge is 0.209 e. The van der Waals surface area contributed by atoms with Gasteiger partial charge >= 0.3 is 0 Å². The van der Waals surface area contributed by atoms with Crippen molar-refractivity contribution >= 4 is 16.8 Å². The van der Waals surface area contributed by atoms with Gasteiger partial charge in [0.15, 0.2) is 5.58 Å². The molecule has 0 unspecified atom stereocenters. The lowest BCUT2D eigenvalue weighted by molar-refractivity contribution is 0.171. The van der Waals surface area contributed by atoms with E-state index in [0.717, 1.165) is 29.2 Å². The highest BCUT2D eigenvalue weighted by molar-refractivity contribution is 5.76. The summed E-state index contributed by atoms with van der Waals surface area (Å²) in [5.74, 6) is 0.786. The zero-order valence-electron chi connectivity index (χ0n) is 11.4. The fourth-order valence-electron chi connectivity index (χ4n) is 2.92. The molecule has 19 heavy (non-hydrogen) atoms. The number of nitrogens with two attached hydrogens (primary N) is 1. The van der Waals surface area contributed by atoms with E-state index < -0.39 is 0 Å². The van der Waals surface area contributed by atoms with Crippen molar-refractivity contribution in [3.05, 3.63) is 24.1 Å². The zero-order chi connectivity index (χ0) is 13.2. The molecule has 1 heterocycles. The molecular formula is C15H21N3O. The quantitative estimate of drug-likeness (QED) is 0.860. The van der Waals surface area contributed by atoms with E-state index in [-0.39, 0.29) is 0 Å². The molecule has 2 N–H and O–H groups in total. The molecule has 0 saturated heterocycles. The van der Waals surface area contributed by atoms with E-state index in [0.29, 0.717) is 6.04 Å². The van der Waals surface area contributed by atoms with Crippen molar-refractivity contribution in [2.45, 2.75) is 44.7 Å².